The molecule has 6 rings (SSSR count). The zero-order valence-corrected chi connectivity index (χ0v) is 18.1. The maximum atomic E-state index is 14.4. The minimum Gasteiger partial charge on any atom is -0.490 e. The van der Waals surface area contributed by atoms with Crippen molar-refractivity contribution in [2.75, 3.05) is 6.61 Å². The van der Waals surface area contributed by atoms with Crippen molar-refractivity contribution < 1.29 is 9.13 Å². The summed E-state index contributed by atoms with van der Waals surface area (Å²) in [5.74, 6) is 0.0311. The van der Waals surface area contributed by atoms with Crippen molar-refractivity contribution in [3.63, 3.8) is 0 Å². The lowest BCUT2D eigenvalue weighted by atomic mass is 10.00. The van der Waals surface area contributed by atoms with Crippen LogP contribution in [0.4, 0.5) is 4.39 Å². The number of halogens is 1. The number of hydrogen-bond donors (Lipinski definition) is 0. The minimum absolute atomic E-state index is 0.168. The Labute approximate surface area is 192 Å². The molecule has 0 saturated carbocycles. The number of imidazole rings is 2. The van der Waals surface area contributed by atoms with E-state index in [1.54, 1.807) is 56.6 Å². The maximum Gasteiger partial charge on any atom is 0.330 e. The molecule has 34 heavy (non-hydrogen) atoms. The summed E-state index contributed by atoms with van der Waals surface area (Å²) in [5.41, 5.74) is 3.26. The van der Waals surface area contributed by atoms with Crippen LogP contribution in [0.5, 0.6) is 5.75 Å². The number of benzene rings is 2. The summed E-state index contributed by atoms with van der Waals surface area (Å²) in [4.78, 5) is 27.1. The summed E-state index contributed by atoms with van der Waals surface area (Å²) in [5, 5.41) is 9.29. The third-order valence-corrected chi connectivity index (χ3v) is 6.21. The third-order valence-electron chi connectivity index (χ3n) is 6.21. The summed E-state index contributed by atoms with van der Waals surface area (Å²) >= 11 is 0. The van der Waals surface area contributed by atoms with Crippen LogP contribution in [0.3, 0.4) is 0 Å². The fraction of sp³-hybridized carbons (Fsp3) is 0.208. The van der Waals surface area contributed by atoms with E-state index in [0.717, 1.165) is 0 Å². The number of nitrogens with zero attached hydrogens (tertiary/aromatic N) is 7. The van der Waals surface area contributed by atoms with E-state index in [2.05, 4.69) is 16.0 Å². The molecule has 3 aromatic heterocycles. The van der Waals surface area contributed by atoms with Crippen molar-refractivity contribution in [1.82, 2.24) is 28.7 Å². The highest BCUT2D eigenvalue weighted by Crippen LogP contribution is 2.37. The molecule has 0 N–H and O–H groups in total. The standard InChI is InChI=1S/C24H18FN7O2/c1-2-30-20-12-27-23(31-13-28-17-7-6-14(11-26)10-19(17)31)29-22(20)32(24(30)33)18-8-9-34-21-15(18)4-3-5-16(21)25/h3-7,10,12-13,18H,2,8-9H2,1H3/t18-/m1/s1. The van der Waals surface area contributed by atoms with Gasteiger partial charge in [0, 0.05) is 18.5 Å². The van der Waals surface area contributed by atoms with Gasteiger partial charge in [0.25, 0.3) is 0 Å². The van der Waals surface area contributed by atoms with Gasteiger partial charge < -0.3 is 4.74 Å². The Kier molecular flexibility index (Phi) is 4.45. The van der Waals surface area contributed by atoms with Gasteiger partial charge in [0.05, 0.1) is 41.5 Å². The van der Waals surface area contributed by atoms with E-state index in [1.807, 2.05) is 6.92 Å². The van der Waals surface area contributed by atoms with E-state index < -0.39 is 11.9 Å². The second-order valence-corrected chi connectivity index (χ2v) is 8.02. The van der Waals surface area contributed by atoms with Crippen LogP contribution in [0.2, 0.25) is 0 Å². The predicted octanol–water partition coefficient (Wildman–Crippen LogP) is 3.33. The summed E-state index contributed by atoms with van der Waals surface area (Å²) in [7, 11) is 0. The van der Waals surface area contributed by atoms with Gasteiger partial charge in [-0.2, -0.15) is 10.2 Å². The van der Waals surface area contributed by atoms with Gasteiger partial charge in [0.15, 0.2) is 17.2 Å². The highest BCUT2D eigenvalue weighted by atomic mass is 19.1. The van der Waals surface area contributed by atoms with Gasteiger partial charge in [0.2, 0.25) is 5.95 Å². The largest absolute Gasteiger partial charge is 0.490 e. The summed E-state index contributed by atoms with van der Waals surface area (Å²) < 4.78 is 24.9. The van der Waals surface area contributed by atoms with Crippen LogP contribution in [0.25, 0.3) is 28.1 Å². The molecule has 0 bridgehead atoms. The number of hydrogen-bond acceptors (Lipinski definition) is 6. The normalized spacial score (nSPS) is 15.3. The fourth-order valence-electron chi connectivity index (χ4n) is 4.62. The maximum absolute atomic E-state index is 14.4. The number of aromatic nitrogens is 6. The lowest BCUT2D eigenvalue weighted by molar-refractivity contribution is 0.243. The van der Waals surface area contributed by atoms with E-state index in [1.165, 1.54) is 6.07 Å². The van der Waals surface area contributed by atoms with Crippen molar-refractivity contribution in [2.24, 2.45) is 0 Å². The molecule has 0 amide bonds. The number of nitriles is 1. The van der Waals surface area contributed by atoms with Crippen LogP contribution in [-0.4, -0.2) is 35.3 Å². The number of para-hydroxylation sites is 1. The van der Waals surface area contributed by atoms with Crippen LogP contribution in [0.15, 0.2) is 53.7 Å². The minimum atomic E-state index is -0.456. The summed E-state index contributed by atoms with van der Waals surface area (Å²) in [6.07, 6.45) is 3.70. The van der Waals surface area contributed by atoms with Crippen molar-refractivity contribution in [1.29, 1.82) is 5.26 Å². The van der Waals surface area contributed by atoms with Crippen LogP contribution < -0.4 is 10.4 Å². The lowest BCUT2D eigenvalue weighted by Gasteiger charge is -2.26. The second kappa shape index (κ2) is 7.52. The first kappa shape index (κ1) is 20.1. The molecule has 0 fully saturated rings. The molecule has 10 heteroatoms. The van der Waals surface area contributed by atoms with E-state index in [9.17, 15) is 14.4 Å². The molecule has 0 unspecified atom stereocenters. The van der Waals surface area contributed by atoms with Crippen LogP contribution in [0, 0.1) is 17.1 Å². The zero-order valence-electron chi connectivity index (χ0n) is 18.1. The van der Waals surface area contributed by atoms with E-state index in [0.29, 0.717) is 52.2 Å². The Hall–Kier alpha value is -4.52. The zero-order chi connectivity index (χ0) is 23.4. The number of aryl methyl sites for hydroxylation is 1. The molecule has 0 radical (unpaired) electrons. The monoisotopic (exact) mass is 455 g/mol. The molecule has 4 heterocycles. The Bertz CT molecular complexity index is 1690. The average Bonchev–Trinajstić information content (AvgIpc) is 3.41. The van der Waals surface area contributed by atoms with Gasteiger partial charge in [-0.05, 0) is 31.2 Å². The number of ether oxygens (including phenoxy) is 1. The average molecular weight is 455 g/mol. The highest BCUT2D eigenvalue weighted by Gasteiger charge is 2.30. The Balaban J connectivity index is 1.60. The molecule has 0 spiro atoms. The van der Waals surface area contributed by atoms with Gasteiger partial charge in [-0.1, -0.05) is 12.1 Å². The Morgan fingerprint density at radius 3 is 2.94 bits per heavy atom. The topological polar surface area (TPSA) is 104 Å². The van der Waals surface area contributed by atoms with Crippen LogP contribution in [-0.2, 0) is 6.54 Å². The van der Waals surface area contributed by atoms with Crippen molar-refractivity contribution in [3.05, 3.63) is 76.4 Å². The molecular weight excluding hydrogens is 437 g/mol. The Morgan fingerprint density at radius 1 is 1.24 bits per heavy atom. The van der Waals surface area contributed by atoms with E-state index in [-0.39, 0.29) is 18.0 Å². The number of fused-ring (bicyclic) bond motifs is 3. The van der Waals surface area contributed by atoms with E-state index >= 15 is 0 Å². The van der Waals surface area contributed by atoms with Crippen molar-refractivity contribution >= 4 is 22.2 Å². The van der Waals surface area contributed by atoms with Gasteiger partial charge >= 0.3 is 5.69 Å². The Morgan fingerprint density at radius 2 is 2.12 bits per heavy atom. The van der Waals surface area contributed by atoms with Gasteiger partial charge in [-0.3, -0.25) is 13.7 Å². The summed E-state index contributed by atoms with van der Waals surface area (Å²) in [6, 6.07) is 11.6. The second-order valence-electron chi connectivity index (χ2n) is 8.02. The molecule has 1 atom stereocenters. The molecule has 1 aliphatic heterocycles. The van der Waals surface area contributed by atoms with Gasteiger partial charge in [-0.15, -0.1) is 0 Å². The van der Waals surface area contributed by atoms with Crippen molar-refractivity contribution in [2.45, 2.75) is 25.9 Å². The van der Waals surface area contributed by atoms with Crippen LogP contribution >= 0.6 is 0 Å². The number of rotatable bonds is 3. The van der Waals surface area contributed by atoms with Crippen molar-refractivity contribution in [3.8, 4) is 17.8 Å². The SMILES string of the molecule is CCn1c(=O)n([C@@H]2CCOc3c(F)cccc32)c2nc(-n3cnc4ccc(C#N)cc43)ncc21. The molecular formula is C24H18FN7O2. The molecule has 0 aliphatic carbocycles. The first-order valence-corrected chi connectivity index (χ1v) is 10.9. The van der Waals surface area contributed by atoms with Gasteiger partial charge in [-0.25, -0.2) is 19.2 Å². The quantitative estimate of drug-likeness (QED) is 0.413. The molecule has 2 aromatic carbocycles. The highest BCUT2D eigenvalue weighted by molar-refractivity contribution is 5.79. The molecule has 5 aromatic rings. The predicted molar refractivity (Wildman–Crippen MR) is 121 cm³/mol. The smallest absolute Gasteiger partial charge is 0.330 e. The molecule has 9 nitrogen and oxygen atoms in total. The van der Waals surface area contributed by atoms with E-state index in [4.69, 9.17) is 9.72 Å². The van der Waals surface area contributed by atoms with Gasteiger partial charge in [0.1, 0.15) is 11.8 Å². The molecule has 1 aliphatic rings. The molecule has 168 valence electrons. The fourth-order valence-corrected chi connectivity index (χ4v) is 4.62. The lowest BCUT2D eigenvalue weighted by Crippen LogP contribution is -2.31. The first-order chi connectivity index (χ1) is 16.6. The van der Waals surface area contributed by atoms with Crippen LogP contribution in [0.1, 0.15) is 30.5 Å². The first-order valence-electron chi connectivity index (χ1n) is 10.9. The molecule has 0 saturated heterocycles. The third kappa shape index (κ3) is 2.83. The summed E-state index contributed by atoms with van der Waals surface area (Å²) in [6.45, 7) is 2.60.